The van der Waals surface area contributed by atoms with Crippen LogP contribution in [0.15, 0.2) is 40.2 Å². The van der Waals surface area contributed by atoms with Crippen molar-refractivity contribution in [2.75, 3.05) is 17.7 Å². The van der Waals surface area contributed by atoms with Gasteiger partial charge in [0.25, 0.3) is 5.89 Å². The molecule has 2 heterocycles. The summed E-state index contributed by atoms with van der Waals surface area (Å²) in [4.78, 5) is 17.4. The van der Waals surface area contributed by atoms with Crippen molar-refractivity contribution in [3.8, 4) is 16.5 Å². The minimum Gasteiger partial charge on any atom is -0.497 e. The van der Waals surface area contributed by atoms with Gasteiger partial charge in [0.1, 0.15) is 10.6 Å². The van der Waals surface area contributed by atoms with Crippen molar-refractivity contribution in [3.05, 3.63) is 41.5 Å². The zero-order valence-corrected chi connectivity index (χ0v) is 14.3. The van der Waals surface area contributed by atoms with Crippen LogP contribution < -0.4 is 15.4 Å². The summed E-state index contributed by atoms with van der Waals surface area (Å²) >= 11 is 1.44. The molecule has 1 aromatic carbocycles. The number of amides is 2. The molecular formula is C17H16N4O3S. The van der Waals surface area contributed by atoms with Crippen molar-refractivity contribution in [3.63, 3.8) is 0 Å². The molecule has 4 rings (SSSR count). The first kappa shape index (κ1) is 15.6. The highest BCUT2D eigenvalue weighted by Crippen LogP contribution is 2.40. The molecule has 128 valence electrons. The van der Waals surface area contributed by atoms with E-state index >= 15 is 0 Å². The first-order valence-electron chi connectivity index (χ1n) is 7.86. The van der Waals surface area contributed by atoms with Crippen molar-refractivity contribution < 1.29 is 14.1 Å². The predicted octanol–water partition coefficient (Wildman–Crippen LogP) is 4.33. The van der Waals surface area contributed by atoms with Gasteiger partial charge < -0.3 is 19.9 Å². The van der Waals surface area contributed by atoms with Crippen molar-refractivity contribution in [2.24, 2.45) is 0 Å². The standard InChI is InChI=1S/C17H16N4O3S/c1-23-12-4-2-3-11(9-12)18-17(22)19-13-7-8-25-14(13)16-20-15(21-24-16)10-5-6-10/h2-4,7-10H,5-6H2,1H3,(H2,18,19,22). The minimum absolute atomic E-state index is 0.352. The number of thiophene rings is 1. The smallest absolute Gasteiger partial charge is 0.323 e. The lowest BCUT2D eigenvalue weighted by atomic mass is 10.3. The van der Waals surface area contributed by atoms with Gasteiger partial charge in [-0.25, -0.2) is 4.79 Å². The molecule has 1 aliphatic rings. The number of rotatable bonds is 5. The van der Waals surface area contributed by atoms with Gasteiger partial charge in [0, 0.05) is 17.7 Å². The van der Waals surface area contributed by atoms with Crippen molar-refractivity contribution in [2.45, 2.75) is 18.8 Å². The van der Waals surface area contributed by atoms with E-state index in [1.165, 1.54) is 11.3 Å². The summed E-state index contributed by atoms with van der Waals surface area (Å²) in [5.74, 6) is 2.28. The Balaban J connectivity index is 1.47. The molecule has 2 amide bonds. The van der Waals surface area contributed by atoms with E-state index in [-0.39, 0.29) is 6.03 Å². The third-order valence-electron chi connectivity index (χ3n) is 3.82. The van der Waals surface area contributed by atoms with Gasteiger partial charge in [0.2, 0.25) is 0 Å². The number of benzene rings is 1. The predicted molar refractivity (Wildman–Crippen MR) is 95.2 cm³/mol. The zero-order chi connectivity index (χ0) is 17.2. The molecule has 0 bridgehead atoms. The number of methoxy groups -OCH3 is 1. The number of carbonyl (C=O) groups is 1. The number of nitrogens with one attached hydrogen (secondary N) is 2. The average Bonchev–Trinajstić information content (AvgIpc) is 3.17. The SMILES string of the molecule is COc1cccc(NC(=O)Nc2ccsc2-c2nc(C3CC3)no2)c1. The van der Waals surface area contributed by atoms with Gasteiger partial charge in [-0.15, -0.1) is 11.3 Å². The molecule has 1 fully saturated rings. The van der Waals surface area contributed by atoms with Gasteiger partial charge in [0.15, 0.2) is 5.82 Å². The van der Waals surface area contributed by atoms with Gasteiger partial charge in [0.05, 0.1) is 12.8 Å². The van der Waals surface area contributed by atoms with Crippen LogP contribution >= 0.6 is 11.3 Å². The lowest BCUT2D eigenvalue weighted by Gasteiger charge is -2.08. The highest BCUT2D eigenvalue weighted by molar-refractivity contribution is 7.14. The highest BCUT2D eigenvalue weighted by atomic mass is 32.1. The average molecular weight is 356 g/mol. The van der Waals surface area contributed by atoms with Gasteiger partial charge in [-0.3, -0.25) is 0 Å². The van der Waals surface area contributed by atoms with Gasteiger partial charge in [-0.2, -0.15) is 4.98 Å². The Labute approximate surface area is 148 Å². The van der Waals surface area contributed by atoms with Crippen LogP contribution in [0.1, 0.15) is 24.6 Å². The lowest BCUT2D eigenvalue weighted by molar-refractivity contribution is 0.262. The number of urea groups is 1. The topological polar surface area (TPSA) is 89.3 Å². The second-order valence-electron chi connectivity index (χ2n) is 5.71. The normalized spacial score (nSPS) is 13.5. The summed E-state index contributed by atoms with van der Waals surface area (Å²) in [5, 5.41) is 11.5. The minimum atomic E-state index is -0.352. The van der Waals surface area contributed by atoms with Crippen LogP contribution in [0.25, 0.3) is 10.8 Å². The van der Waals surface area contributed by atoms with E-state index in [4.69, 9.17) is 9.26 Å². The Kier molecular flexibility index (Phi) is 4.10. The van der Waals surface area contributed by atoms with Crippen LogP contribution in [-0.4, -0.2) is 23.3 Å². The number of carbonyl (C=O) groups excluding carboxylic acids is 1. The maximum atomic E-state index is 12.3. The number of ether oxygens (including phenoxy) is 1. The number of hydrogen-bond donors (Lipinski definition) is 2. The van der Waals surface area contributed by atoms with Crippen molar-refractivity contribution in [1.82, 2.24) is 10.1 Å². The van der Waals surface area contributed by atoms with E-state index in [0.717, 1.165) is 23.5 Å². The van der Waals surface area contributed by atoms with Crippen LogP contribution in [0.5, 0.6) is 5.75 Å². The number of aromatic nitrogens is 2. The third-order valence-corrected chi connectivity index (χ3v) is 4.72. The van der Waals surface area contributed by atoms with Crippen LogP contribution in [0.3, 0.4) is 0 Å². The molecule has 1 aliphatic carbocycles. The number of anilines is 2. The van der Waals surface area contributed by atoms with Gasteiger partial charge >= 0.3 is 6.03 Å². The Morgan fingerprint density at radius 2 is 2.20 bits per heavy atom. The fraction of sp³-hybridized carbons (Fsp3) is 0.235. The molecule has 0 aliphatic heterocycles. The van der Waals surface area contributed by atoms with Crippen LogP contribution in [0, 0.1) is 0 Å². The largest absolute Gasteiger partial charge is 0.497 e. The van der Waals surface area contributed by atoms with Crippen LogP contribution in [0.2, 0.25) is 0 Å². The van der Waals surface area contributed by atoms with Gasteiger partial charge in [-0.1, -0.05) is 11.2 Å². The molecule has 0 unspecified atom stereocenters. The summed E-state index contributed by atoms with van der Waals surface area (Å²) in [6.45, 7) is 0. The number of hydrogen-bond acceptors (Lipinski definition) is 6. The number of nitrogens with zero attached hydrogens (tertiary/aromatic N) is 2. The molecule has 2 aromatic heterocycles. The molecule has 7 nitrogen and oxygen atoms in total. The zero-order valence-electron chi connectivity index (χ0n) is 13.5. The molecule has 3 aromatic rings. The second kappa shape index (κ2) is 6.56. The lowest BCUT2D eigenvalue weighted by Crippen LogP contribution is -2.19. The molecule has 1 saturated carbocycles. The maximum Gasteiger partial charge on any atom is 0.323 e. The first-order chi connectivity index (χ1) is 12.2. The Hall–Kier alpha value is -2.87. The monoisotopic (exact) mass is 356 g/mol. The van der Waals surface area contributed by atoms with E-state index in [1.54, 1.807) is 19.2 Å². The maximum absolute atomic E-state index is 12.3. The summed E-state index contributed by atoms with van der Waals surface area (Å²) in [7, 11) is 1.58. The quantitative estimate of drug-likeness (QED) is 0.710. The fourth-order valence-corrected chi connectivity index (χ4v) is 3.16. The molecule has 0 atom stereocenters. The Bertz CT molecular complexity index is 901. The van der Waals surface area contributed by atoms with E-state index in [9.17, 15) is 4.79 Å². The van der Waals surface area contributed by atoms with E-state index in [0.29, 0.717) is 28.9 Å². The molecular weight excluding hydrogens is 340 g/mol. The van der Waals surface area contributed by atoms with E-state index in [1.807, 2.05) is 23.6 Å². The molecule has 8 heteroatoms. The van der Waals surface area contributed by atoms with Crippen molar-refractivity contribution in [1.29, 1.82) is 0 Å². The molecule has 25 heavy (non-hydrogen) atoms. The fourth-order valence-electron chi connectivity index (χ4n) is 2.39. The molecule has 0 spiro atoms. The van der Waals surface area contributed by atoms with Crippen LogP contribution in [-0.2, 0) is 0 Å². The summed E-state index contributed by atoms with van der Waals surface area (Å²) in [5.41, 5.74) is 1.28. The highest BCUT2D eigenvalue weighted by Gasteiger charge is 2.29. The van der Waals surface area contributed by atoms with Gasteiger partial charge in [-0.05, 0) is 36.4 Å². The van der Waals surface area contributed by atoms with Crippen molar-refractivity contribution >= 4 is 28.7 Å². The first-order valence-corrected chi connectivity index (χ1v) is 8.74. The molecule has 0 radical (unpaired) electrons. The third kappa shape index (κ3) is 3.48. The summed E-state index contributed by atoms with van der Waals surface area (Å²) in [6.07, 6.45) is 2.22. The van der Waals surface area contributed by atoms with E-state index in [2.05, 4.69) is 20.8 Å². The Morgan fingerprint density at radius 1 is 1.32 bits per heavy atom. The van der Waals surface area contributed by atoms with Crippen LogP contribution in [0.4, 0.5) is 16.2 Å². The summed E-state index contributed by atoms with van der Waals surface area (Å²) in [6, 6.07) is 8.61. The molecule has 0 saturated heterocycles. The van der Waals surface area contributed by atoms with E-state index < -0.39 is 0 Å². The molecule has 2 N–H and O–H groups in total. The summed E-state index contributed by atoms with van der Waals surface area (Å²) < 4.78 is 10.5. The Morgan fingerprint density at radius 3 is 3.00 bits per heavy atom. The second-order valence-corrected chi connectivity index (χ2v) is 6.62.